The average Bonchev–Trinajstić information content (AvgIpc) is 2.34. The summed E-state index contributed by atoms with van der Waals surface area (Å²) in [5.74, 6) is 0.0301. The molecule has 0 radical (unpaired) electrons. The van der Waals surface area contributed by atoms with Crippen LogP contribution in [0, 0.1) is 20.8 Å². The molecule has 0 unspecified atom stereocenters. The van der Waals surface area contributed by atoms with Crippen LogP contribution >= 0.6 is 0 Å². The Morgan fingerprint density at radius 3 is 2.05 bits per heavy atom. The molecule has 0 fully saturated rings. The van der Waals surface area contributed by atoms with Crippen molar-refractivity contribution >= 4 is 5.78 Å². The first kappa shape index (κ1) is 15.8. The van der Waals surface area contributed by atoms with Crippen LogP contribution in [-0.4, -0.2) is 53.7 Å². The summed E-state index contributed by atoms with van der Waals surface area (Å²) in [5.41, 5.74) is 3.98. The Balaban J connectivity index is 2.84. The fourth-order valence-electron chi connectivity index (χ4n) is 2.10. The quantitative estimate of drug-likeness (QED) is 0.724. The zero-order chi connectivity index (χ0) is 14.4. The fraction of sp³-hybridized carbons (Fsp3) is 0.533. The van der Waals surface area contributed by atoms with Crippen molar-refractivity contribution in [3.8, 4) is 0 Å². The van der Waals surface area contributed by atoms with Gasteiger partial charge in [0.2, 0.25) is 0 Å². The number of hydrogen-bond acceptors (Lipinski definition) is 4. The minimum Gasteiger partial charge on any atom is -0.395 e. The van der Waals surface area contributed by atoms with E-state index in [2.05, 4.69) is 0 Å². The van der Waals surface area contributed by atoms with E-state index in [4.69, 9.17) is 10.2 Å². The number of aliphatic hydroxyl groups excluding tert-OH is 2. The largest absolute Gasteiger partial charge is 0.395 e. The maximum atomic E-state index is 12.3. The lowest BCUT2D eigenvalue weighted by atomic mass is 9.98. The molecule has 1 rings (SSSR count). The Kier molecular flexibility index (Phi) is 6.15. The highest BCUT2D eigenvalue weighted by Crippen LogP contribution is 2.16. The van der Waals surface area contributed by atoms with Gasteiger partial charge < -0.3 is 10.2 Å². The van der Waals surface area contributed by atoms with E-state index in [9.17, 15) is 4.79 Å². The molecule has 0 atom stereocenters. The van der Waals surface area contributed by atoms with Crippen molar-refractivity contribution in [2.45, 2.75) is 20.8 Å². The van der Waals surface area contributed by atoms with Gasteiger partial charge in [0.25, 0.3) is 0 Å². The lowest BCUT2D eigenvalue weighted by Crippen LogP contribution is -2.35. The second kappa shape index (κ2) is 7.38. The number of aryl methyl sites for hydroxylation is 3. The third kappa shape index (κ3) is 4.42. The summed E-state index contributed by atoms with van der Waals surface area (Å²) in [6.45, 7) is 6.95. The van der Waals surface area contributed by atoms with E-state index in [0.717, 1.165) is 16.7 Å². The molecule has 0 spiro atoms. The Morgan fingerprint density at radius 1 is 1.00 bits per heavy atom. The minimum atomic E-state index is -0.0147. The molecule has 0 aliphatic rings. The maximum Gasteiger partial charge on any atom is 0.177 e. The van der Waals surface area contributed by atoms with Crippen molar-refractivity contribution in [1.82, 2.24) is 4.90 Å². The van der Waals surface area contributed by atoms with Gasteiger partial charge in [0.1, 0.15) is 0 Å². The fourth-order valence-corrected chi connectivity index (χ4v) is 2.10. The normalized spacial score (nSPS) is 11.1. The number of hydrogen-bond donors (Lipinski definition) is 2. The number of carbonyl (C=O) groups excluding carboxylic acids is 1. The van der Waals surface area contributed by atoms with Crippen LogP contribution in [0.15, 0.2) is 12.1 Å². The summed E-state index contributed by atoms with van der Waals surface area (Å²) < 4.78 is 0. The third-order valence-corrected chi connectivity index (χ3v) is 3.34. The monoisotopic (exact) mass is 265 g/mol. The molecule has 0 bridgehead atoms. The first-order valence-electron chi connectivity index (χ1n) is 6.54. The van der Waals surface area contributed by atoms with E-state index in [-0.39, 0.29) is 25.5 Å². The van der Waals surface area contributed by atoms with E-state index in [1.807, 2.05) is 32.9 Å². The molecule has 0 aliphatic carbocycles. The maximum absolute atomic E-state index is 12.3. The van der Waals surface area contributed by atoms with Crippen molar-refractivity contribution in [2.24, 2.45) is 0 Å². The Bertz CT molecular complexity index is 437. The number of aliphatic hydroxyl groups is 2. The zero-order valence-electron chi connectivity index (χ0n) is 11.9. The van der Waals surface area contributed by atoms with Crippen LogP contribution < -0.4 is 0 Å². The van der Waals surface area contributed by atoms with Crippen molar-refractivity contribution in [1.29, 1.82) is 0 Å². The molecule has 1 aromatic rings. The molecule has 0 aliphatic heterocycles. The first-order valence-corrected chi connectivity index (χ1v) is 6.54. The van der Waals surface area contributed by atoms with E-state index in [1.165, 1.54) is 5.56 Å². The molecule has 19 heavy (non-hydrogen) atoms. The van der Waals surface area contributed by atoms with E-state index >= 15 is 0 Å². The van der Waals surface area contributed by atoms with E-state index in [1.54, 1.807) is 4.90 Å². The van der Waals surface area contributed by atoms with Crippen molar-refractivity contribution in [2.75, 3.05) is 32.8 Å². The molecule has 106 valence electrons. The average molecular weight is 265 g/mol. The van der Waals surface area contributed by atoms with Crippen molar-refractivity contribution in [3.05, 3.63) is 34.4 Å². The molecule has 0 amide bonds. The molecule has 4 nitrogen and oxygen atoms in total. The topological polar surface area (TPSA) is 60.8 Å². The van der Waals surface area contributed by atoms with Gasteiger partial charge >= 0.3 is 0 Å². The van der Waals surface area contributed by atoms with Crippen LogP contribution in [0.1, 0.15) is 27.0 Å². The van der Waals surface area contributed by atoms with Crippen molar-refractivity contribution in [3.63, 3.8) is 0 Å². The SMILES string of the molecule is Cc1cc(C)c(C(=O)CN(CCO)CCO)cc1C. The highest BCUT2D eigenvalue weighted by Gasteiger charge is 2.14. The summed E-state index contributed by atoms with van der Waals surface area (Å²) >= 11 is 0. The van der Waals surface area contributed by atoms with Gasteiger partial charge in [-0.05, 0) is 43.5 Å². The van der Waals surface area contributed by atoms with Gasteiger partial charge in [-0.25, -0.2) is 0 Å². The predicted octanol–water partition coefficient (Wildman–Crippen LogP) is 1.08. The molecule has 1 aromatic carbocycles. The third-order valence-electron chi connectivity index (χ3n) is 3.34. The number of rotatable bonds is 7. The van der Waals surface area contributed by atoms with Gasteiger partial charge in [0.15, 0.2) is 5.78 Å². The minimum absolute atomic E-state index is 0.0147. The van der Waals surface area contributed by atoms with Crippen LogP contribution in [0.5, 0.6) is 0 Å². The molecule has 4 heteroatoms. The second-order valence-electron chi connectivity index (χ2n) is 4.90. The zero-order valence-corrected chi connectivity index (χ0v) is 11.9. The highest BCUT2D eigenvalue weighted by atomic mass is 16.3. The molecule has 0 heterocycles. The molecular weight excluding hydrogens is 242 g/mol. The van der Waals surface area contributed by atoms with Crippen LogP contribution in [-0.2, 0) is 0 Å². The van der Waals surface area contributed by atoms with E-state index in [0.29, 0.717) is 13.1 Å². The first-order chi connectivity index (χ1) is 8.99. The molecule has 0 saturated carbocycles. The molecule has 0 saturated heterocycles. The van der Waals surface area contributed by atoms with Gasteiger partial charge in [-0.2, -0.15) is 0 Å². The van der Waals surface area contributed by atoms with Crippen LogP contribution in [0.25, 0.3) is 0 Å². The smallest absolute Gasteiger partial charge is 0.177 e. The van der Waals surface area contributed by atoms with Crippen LogP contribution in [0.3, 0.4) is 0 Å². The number of Topliss-reactive ketones (excluding diaryl/α,β-unsaturated/α-hetero) is 1. The van der Waals surface area contributed by atoms with Gasteiger partial charge in [-0.15, -0.1) is 0 Å². The van der Waals surface area contributed by atoms with Gasteiger partial charge in [0.05, 0.1) is 19.8 Å². The van der Waals surface area contributed by atoms with Gasteiger partial charge in [-0.3, -0.25) is 9.69 Å². The number of nitrogens with zero attached hydrogens (tertiary/aromatic N) is 1. The van der Waals surface area contributed by atoms with E-state index < -0.39 is 0 Å². The van der Waals surface area contributed by atoms with Gasteiger partial charge in [-0.1, -0.05) is 6.07 Å². The van der Waals surface area contributed by atoms with Crippen LogP contribution in [0.2, 0.25) is 0 Å². The highest BCUT2D eigenvalue weighted by molar-refractivity contribution is 5.99. The second-order valence-corrected chi connectivity index (χ2v) is 4.90. The summed E-state index contributed by atoms with van der Waals surface area (Å²) in [6, 6.07) is 3.94. The lowest BCUT2D eigenvalue weighted by Gasteiger charge is -2.20. The Hall–Kier alpha value is -1.23. The molecule has 2 N–H and O–H groups in total. The summed E-state index contributed by atoms with van der Waals surface area (Å²) in [6.07, 6.45) is 0. The van der Waals surface area contributed by atoms with Crippen molar-refractivity contribution < 1.29 is 15.0 Å². The molecule has 0 aromatic heterocycles. The number of benzene rings is 1. The summed E-state index contributed by atoms with van der Waals surface area (Å²) in [5, 5.41) is 17.9. The predicted molar refractivity (Wildman–Crippen MR) is 75.6 cm³/mol. The Morgan fingerprint density at radius 2 is 1.53 bits per heavy atom. The lowest BCUT2D eigenvalue weighted by molar-refractivity contribution is 0.0893. The summed E-state index contributed by atoms with van der Waals surface area (Å²) in [7, 11) is 0. The molecular formula is C15H23NO3. The Labute approximate surface area is 114 Å². The standard InChI is InChI=1S/C15H23NO3/c1-11-8-13(3)14(9-12(11)2)15(19)10-16(4-6-17)5-7-18/h8-9,17-18H,4-7,10H2,1-3H3. The number of carbonyl (C=O) groups is 1. The summed E-state index contributed by atoms with van der Waals surface area (Å²) in [4.78, 5) is 14.0. The van der Waals surface area contributed by atoms with Gasteiger partial charge in [0, 0.05) is 18.7 Å². The number of ketones is 1. The van der Waals surface area contributed by atoms with Crippen LogP contribution in [0.4, 0.5) is 0 Å².